The normalized spacial score (nSPS) is 12.3. The molecule has 1 aromatic heterocycles. The van der Waals surface area contributed by atoms with Gasteiger partial charge in [-0.25, -0.2) is 4.98 Å². The summed E-state index contributed by atoms with van der Waals surface area (Å²) >= 11 is 5.80. The molecule has 0 fully saturated rings. The molecule has 6 heteroatoms. The first-order valence-corrected chi connectivity index (χ1v) is 6.46. The minimum Gasteiger partial charge on any atom is -0.365 e. The third kappa shape index (κ3) is 5.42. The van der Waals surface area contributed by atoms with Crippen LogP contribution in [0.5, 0.6) is 0 Å². The summed E-state index contributed by atoms with van der Waals surface area (Å²) in [5.74, 6) is 0.424. The van der Waals surface area contributed by atoms with Crippen LogP contribution < -0.4 is 5.32 Å². The second kappa shape index (κ2) is 5.33. The Bertz CT molecular complexity index is 481. The molecule has 1 heterocycles. The zero-order valence-electron chi connectivity index (χ0n) is 12.0. The van der Waals surface area contributed by atoms with Gasteiger partial charge in [-0.3, -0.25) is 10.1 Å². The summed E-state index contributed by atoms with van der Waals surface area (Å²) in [4.78, 5) is 14.4. The van der Waals surface area contributed by atoms with E-state index in [1.807, 2.05) is 13.8 Å². The predicted molar refractivity (Wildman–Crippen MR) is 77.7 cm³/mol. The van der Waals surface area contributed by atoms with Gasteiger partial charge in [0.15, 0.2) is 0 Å². The smallest absolute Gasteiger partial charge is 0.276 e. The molecule has 5 nitrogen and oxygen atoms in total. The van der Waals surface area contributed by atoms with E-state index in [9.17, 15) is 10.1 Å². The molecule has 0 aliphatic rings. The largest absolute Gasteiger partial charge is 0.365 e. The molecule has 0 atom stereocenters. The lowest BCUT2D eigenvalue weighted by Crippen LogP contribution is -2.35. The van der Waals surface area contributed by atoms with Gasteiger partial charge in [0, 0.05) is 5.54 Å². The Morgan fingerprint density at radius 3 is 2.37 bits per heavy atom. The standard InChI is InChI=1S/C13H20ClN3O2/c1-12(2,3)8-13(4,5)16-11-7-9(17(18)19)6-10(14)15-11/h6-7H,8H2,1-5H3,(H,15,16). The first kappa shape index (κ1) is 15.7. The Balaban J connectivity index is 2.96. The van der Waals surface area contributed by atoms with Gasteiger partial charge in [-0.1, -0.05) is 32.4 Å². The van der Waals surface area contributed by atoms with Gasteiger partial charge in [0.2, 0.25) is 0 Å². The van der Waals surface area contributed by atoms with Gasteiger partial charge in [-0.15, -0.1) is 0 Å². The number of nitrogens with one attached hydrogen (secondary N) is 1. The number of rotatable bonds is 4. The molecule has 0 spiro atoms. The minimum absolute atomic E-state index is 0.0611. The van der Waals surface area contributed by atoms with E-state index in [4.69, 9.17) is 11.6 Å². The molecule has 106 valence electrons. The van der Waals surface area contributed by atoms with Crippen LogP contribution in [0.2, 0.25) is 5.15 Å². The summed E-state index contributed by atoms with van der Waals surface area (Å²) in [5, 5.41) is 14.1. The molecule has 0 aromatic carbocycles. The SMILES string of the molecule is CC(C)(C)CC(C)(C)Nc1cc([N+](=O)[O-])cc(Cl)n1. The zero-order valence-corrected chi connectivity index (χ0v) is 12.7. The van der Waals surface area contributed by atoms with E-state index >= 15 is 0 Å². The summed E-state index contributed by atoms with van der Waals surface area (Å²) in [6.07, 6.45) is 0.891. The first-order valence-electron chi connectivity index (χ1n) is 6.09. The Hall–Kier alpha value is -1.36. The van der Waals surface area contributed by atoms with Crippen LogP contribution in [-0.2, 0) is 0 Å². The molecule has 1 aromatic rings. The van der Waals surface area contributed by atoms with Gasteiger partial charge in [0.1, 0.15) is 11.0 Å². The number of pyridine rings is 1. The Morgan fingerprint density at radius 1 is 1.32 bits per heavy atom. The molecular formula is C13H20ClN3O2. The van der Waals surface area contributed by atoms with Crippen molar-refractivity contribution in [2.45, 2.75) is 46.6 Å². The lowest BCUT2D eigenvalue weighted by Gasteiger charge is -2.33. The fourth-order valence-corrected chi connectivity index (χ4v) is 2.57. The van der Waals surface area contributed by atoms with E-state index in [-0.39, 0.29) is 21.8 Å². The average molecular weight is 286 g/mol. The second-order valence-electron chi connectivity index (χ2n) is 6.54. The predicted octanol–water partition coefficient (Wildman–Crippen LogP) is 4.27. The lowest BCUT2D eigenvalue weighted by atomic mass is 9.82. The van der Waals surface area contributed by atoms with Crippen LogP contribution >= 0.6 is 11.6 Å². The van der Waals surface area contributed by atoms with Crippen LogP contribution in [0.15, 0.2) is 12.1 Å². The maximum absolute atomic E-state index is 10.8. The molecule has 1 rings (SSSR count). The van der Waals surface area contributed by atoms with Crippen molar-refractivity contribution in [1.82, 2.24) is 4.98 Å². The Morgan fingerprint density at radius 2 is 1.89 bits per heavy atom. The van der Waals surface area contributed by atoms with Gasteiger partial charge in [-0.05, 0) is 25.7 Å². The van der Waals surface area contributed by atoms with Gasteiger partial charge in [0.25, 0.3) is 5.69 Å². The third-order valence-electron chi connectivity index (χ3n) is 2.43. The van der Waals surface area contributed by atoms with Crippen LogP contribution in [0, 0.1) is 15.5 Å². The van der Waals surface area contributed by atoms with Crippen molar-refractivity contribution in [1.29, 1.82) is 0 Å². The van der Waals surface area contributed by atoms with E-state index in [1.54, 1.807) is 0 Å². The van der Waals surface area contributed by atoms with Crippen molar-refractivity contribution in [3.05, 3.63) is 27.4 Å². The Kier molecular flexibility index (Phi) is 4.40. The van der Waals surface area contributed by atoms with Gasteiger partial charge in [-0.2, -0.15) is 0 Å². The number of hydrogen-bond acceptors (Lipinski definition) is 4. The van der Waals surface area contributed by atoms with E-state index < -0.39 is 4.92 Å². The molecule has 0 radical (unpaired) electrons. The highest BCUT2D eigenvalue weighted by Gasteiger charge is 2.26. The van der Waals surface area contributed by atoms with Crippen molar-refractivity contribution >= 4 is 23.1 Å². The maximum Gasteiger partial charge on any atom is 0.276 e. The van der Waals surface area contributed by atoms with Gasteiger partial charge in [0.05, 0.1) is 17.1 Å². The number of hydrogen-bond donors (Lipinski definition) is 1. The molecule has 0 bridgehead atoms. The number of aromatic nitrogens is 1. The monoisotopic (exact) mass is 285 g/mol. The van der Waals surface area contributed by atoms with Crippen molar-refractivity contribution in [2.75, 3.05) is 5.32 Å². The molecule has 1 N–H and O–H groups in total. The number of halogens is 1. The van der Waals surface area contributed by atoms with Crippen molar-refractivity contribution in [2.24, 2.45) is 5.41 Å². The van der Waals surface area contributed by atoms with Crippen molar-refractivity contribution in [3.8, 4) is 0 Å². The average Bonchev–Trinajstić information content (AvgIpc) is 2.10. The molecule has 0 amide bonds. The molecule has 0 saturated heterocycles. The Labute approximate surface area is 118 Å². The van der Waals surface area contributed by atoms with Gasteiger partial charge < -0.3 is 5.32 Å². The summed E-state index contributed by atoms with van der Waals surface area (Å²) in [7, 11) is 0. The van der Waals surface area contributed by atoms with Crippen molar-refractivity contribution in [3.63, 3.8) is 0 Å². The lowest BCUT2D eigenvalue weighted by molar-refractivity contribution is -0.384. The van der Waals surface area contributed by atoms with E-state index in [0.717, 1.165) is 6.42 Å². The molecule has 19 heavy (non-hydrogen) atoms. The van der Waals surface area contributed by atoms with Gasteiger partial charge >= 0.3 is 0 Å². The van der Waals surface area contributed by atoms with Crippen LogP contribution in [-0.4, -0.2) is 15.4 Å². The first-order chi connectivity index (χ1) is 8.48. The summed E-state index contributed by atoms with van der Waals surface area (Å²) in [6, 6.07) is 2.64. The van der Waals surface area contributed by atoms with Crippen LogP contribution in [0.4, 0.5) is 11.5 Å². The number of nitro groups is 1. The van der Waals surface area contributed by atoms with E-state index in [2.05, 4.69) is 31.1 Å². The molecule has 0 saturated carbocycles. The zero-order chi connectivity index (χ0) is 14.8. The minimum atomic E-state index is -0.477. The topological polar surface area (TPSA) is 68.1 Å². The molecule has 0 aliphatic carbocycles. The molecular weight excluding hydrogens is 266 g/mol. The summed E-state index contributed by atoms with van der Waals surface area (Å²) in [6.45, 7) is 10.5. The number of anilines is 1. The fraction of sp³-hybridized carbons (Fsp3) is 0.615. The quantitative estimate of drug-likeness (QED) is 0.509. The third-order valence-corrected chi connectivity index (χ3v) is 2.62. The van der Waals surface area contributed by atoms with Crippen LogP contribution in [0.3, 0.4) is 0 Å². The van der Waals surface area contributed by atoms with E-state index in [1.165, 1.54) is 12.1 Å². The summed E-state index contributed by atoms with van der Waals surface area (Å²) in [5.41, 5.74) is -0.154. The molecule has 0 aliphatic heterocycles. The van der Waals surface area contributed by atoms with Crippen molar-refractivity contribution < 1.29 is 4.92 Å². The molecule has 0 unspecified atom stereocenters. The second-order valence-corrected chi connectivity index (χ2v) is 6.92. The fourth-order valence-electron chi connectivity index (χ4n) is 2.37. The van der Waals surface area contributed by atoms with E-state index in [0.29, 0.717) is 5.82 Å². The maximum atomic E-state index is 10.8. The number of nitrogens with zero attached hydrogens (tertiary/aromatic N) is 2. The van der Waals surface area contributed by atoms with Crippen LogP contribution in [0.25, 0.3) is 0 Å². The highest BCUT2D eigenvalue weighted by atomic mass is 35.5. The summed E-state index contributed by atoms with van der Waals surface area (Å²) < 4.78 is 0. The highest BCUT2D eigenvalue weighted by Crippen LogP contribution is 2.30. The highest BCUT2D eigenvalue weighted by molar-refractivity contribution is 6.29. The van der Waals surface area contributed by atoms with Crippen LogP contribution in [0.1, 0.15) is 41.0 Å².